The van der Waals surface area contributed by atoms with Crippen LogP contribution in [-0.2, 0) is 24.4 Å². The van der Waals surface area contributed by atoms with Crippen molar-refractivity contribution in [2.45, 2.75) is 38.9 Å². The van der Waals surface area contributed by atoms with E-state index >= 15 is 0 Å². The summed E-state index contributed by atoms with van der Waals surface area (Å²) in [5.74, 6) is 0.764. The third kappa shape index (κ3) is 6.72. The molecule has 0 aliphatic carbocycles. The van der Waals surface area contributed by atoms with Crippen LogP contribution in [0.2, 0.25) is 0 Å². The van der Waals surface area contributed by atoms with Gasteiger partial charge in [-0.25, -0.2) is 4.79 Å². The highest BCUT2D eigenvalue weighted by atomic mass is 16.5. The second-order valence-electron chi connectivity index (χ2n) is 7.96. The van der Waals surface area contributed by atoms with Crippen LogP contribution in [0.4, 0.5) is 0 Å². The van der Waals surface area contributed by atoms with Gasteiger partial charge in [-0.05, 0) is 54.8 Å². The van der Waals surface area contributed by atoms with E-state index in [-0.39, 0.29) is 0 Å². The Morgan fingerprint density at radius 1 is 0.938 bits per heavy atom. The van der Waals surface area contributed by atoms with Gasteiger partial charge >= 0.3 is 5.97 Å². The van der Waals surface area contributed by atoms with Gasteiger partial charge in [0.15, 0.2) is 5.96 Å². The first-order valence-corrected chi connectivity index (χ1v) is 11.1. The Bertz CT molecular complexity index is 906. The minimum Gasteiger partial charge on any atom is -0.496 e. The van der Waals surface area contributed by atoms with E-state index in [4.69, 9.17) is 9.47 Å². The molecule has 0 radical (unpaired) electrons. The molecule has 7 heteroatoms. The molecule has 0 aromatic heterocycles. The van der Waals surface area contributed by atoms with Gasteiger partial charge in [-0.1, -0.05) is 36.8 Å². The minimum absolute atomic E-state index is 0.405. The van der Waals surface area contributed by atoms with Crippen molar-refractivity contribution in [2.75, 3.05) is 34.4 Å². The number of nitrogens with one attached hydrogen (secondary N) is 2. The zero-order valence-corrected chi connectivity index (χ0v) is 19.3. The van der Waals surface area contributed by atoms with Crippen LogP contribution in [-0.4, -0.2) is 51.2 Å². The second-order valence-corrected chi connectivity index (χ2v) is 7.96. The topological polar surface area (TPSA) is 75.2 Å². The Labute approximate surface area is 190 Å². The first-order valence-electron chi connectivity index (χ1n) is 11.1. The van der Waals surface area contributed by atoms with E-state index < -0.39 is 5.97 Å². The fourth-order valence-electron chi connectivity index (χ4n) is 3.86. The first-order chi connectivity index (χ1) is 15.6. The van der Waals surface area contributed by atoms with E-state index in [2.05, 4.69) is 44.8 Å². The number of hydrogen-bond donors (Lipinski definition) is 2. The van der Waals surface area contributed by atoms with Crippen molar-refractivity contribution in [3.05, 3.63) is 64.7 Å². The van der Waals surface area contributed by atoms with Crippen molar-refractivity contribution in [3.63, 3.8) is 0 Å². The summed E-state index contributed by atoms with van der Waals surface area (Å²) in [7, 11) is 4.63. The van der Waals surface area contributed by atoms with Crippen molar-refractivity contribution in [3.8, 4) is 5.75 Å². The van der Waals surface area contributed by atoms with Crippen LogP contribution in [0.5, 0.6) is 5.75 Å². The number of guanidine groups is 1. The maximum Gasteiger partial charge on any atom is 0.341 e. The van der Waals surface area contributed by atoms with Gasteiger partial charge in [0, 0.05) is 26.7 Å². The van der Waals surface area contributed by atoms with Crippen LogP contribution in [0.3, 0.4) is 0 Å². The highest BCUT2D eigenvalue weighted by Crippen LogP contribution is 2.20. The molecule has 32 heavy (non-hydrogen) atoms. The molecule has 2 N–H and O–H groups in total. The predicted octanol–water partition coefficient (Wildman–Crippen LogP) is 3.33. The lowest BCUT2D eigenvalue weighted by Gasteiger charge is -2.26. The van der Waals surface area contributed by atoms with Crippen LogP contribution in [0.15, 0.2) is 47.5 Å². The van der Waals surface area contributed by atoms with Gasteiger partial charge in [0.2, 0.25) is 0 Å². The van der Waals surface area contributed by atoms with E-state index in [0.29, 0.717) is 30.4 Å². The largest absolute Gasteiger partial charge is 0.496 e. The summed E-state index contributed by atoms with van der Waals surface area (Å²) < 4.78 is 10.1. The van der Waals surface area contributed by atoms with Crippen molar-refractivity contribution in [1.82, 2.24) is 15.5 Å². The number of piperidine rings is 1. The number of esters is 1. The average molecular weight is 439 g/mol. The molecule has 1 heterocycles. The maximum atomic E-state index is 12.0. The summed E-state index contributed by atoms with van der Waals surface area (Å²) in [4.78, 5) is 18.8. The molecule has 1 aliphatic rings. The SMILES string of the molecule is CN=C(NCc1ccc(CN2CCCCC2)cc1)NCc1ccc(OC)c(C(=O)OC)c1. The van der Waals surface area contributed by atoms with Gasteiger partial charge in [-0.2, -0.15) is 0 Å². The van der Waals surface area contributed by atoms with Gasteiger partial charge in [0.1, 0.15) is 11.3 Å². The number of rotatable bonds is 8. The number of nitrogens with zero attached hydrogens (tertiary/aromatic N) is 2. The zero-order valence-electron chi connectivity index (χ0n) is 19.3. The first kappa shape index (κ1) is 23.6. The molecule has 0 amide bonds. The monoisotopic (exact) mass is 438 g/mol. The van der Waals surface area contributed by atoms with Gasteiger partial charge in [0.05, 0.1) is 14.2 Å². The van der Waals surface area contributed by atoms with Gasteiger partial charge in [0.25, 0.3) is 0 Å². The van der Waals surface area contributed by atoms with Crippen LogP contribution in [0.25, 0.3) is 0 Å². The van der Waals surface area contributed by atoms with E-state index in [1.54, 1.807) is 19.2 Å². The number of benzene rings is 2. The van der Waals surface area contributed by atoms with Gasteiger partial charge < -0.3 is 20.1 Å². The Hall–Kier alpha value is -3.06. The molecule has 0 unspecified atom stereocenters. The lowest BCUT2D eigenvalue weighted by molar-refractivity contribution is 0.0597. The number of carbonyl (C=O) groups is 1. The summed E-state index contributed by atoms with van der Waals surface area (Å²) in [5.41, 5.74) is 3.89. The van der Waals surface area contributed by atoms with E-state index in [1.807, 2.05) is 6.07 Å². The molecular formula is C25H34N4O3. The van der Waals surface area contributed by atoms with E-state index in [9.17, 15) is 4.79 Å². The normalized spacial score (nSPS) is 14.7. The molecule has 1 fully saturated rings. The lowest BCUT2D eigenvalue weighted by Crippen LogP contribution is -2.36. The van der Waals surface area contributed by atoms with Gasteiger partial charge in [-0.15, -0.1) is 0 Å². The van der Waals surface area contributed by atoms with E-state index in [1.165, 1.54) is 57.7 Å². The third-order valence-corrected chi connectivity index (χ3v) is 5.69. The lowest BCUT2D eigenvalue weighted by atomic mass is 10.1. The Kier molecular flexibility index (Phi) is 8.92. The number of ether oxygens (including phenoxy) is 2. The number of hydrogen-bond acceptors (Lipinski definition) is 5. The summed E-state index contributed by atoms with van der Waals surface area (Å²) in [5, 5.41) is 6.62. The van der Waals surface area contributed by atoms with Crippen molar-refractivity contribution < 1.29 is 14.3 Å². The van der Waals surface area contributed by atoms with E-state index in [0.717, 1.165) is 12.1 Å². The Morgan fingerprint density at radius 2 is 1.56 bits per heavy atom. The Balaban J connectivity index is 1.50. The summed E-state index contributed by atoms with van der Waals surface area (Å²) >= 11 is 0. The third-order valence-electron chi connectivity index (χ3n) is 5.69. The van der Waals surface area contributed by atoms with Crippen LogP contribution < -0.4 is 15.4 Å². The molecule has 3 rings (SSSR count). The van der Waals surface area contributed by atoms with Crippen LogP contribution >= 0.6 is 0 Å². The quantitative estimate of drug-likeness (QED) is 0.374. The number of likely N-dealkylation sites (tertiary alicyclic amines) is 1. The standard InChI is InChI=1S/C25H34N4O3/c1-26-25(28-17-21-11-12-23(31-2)22(15-21)24(30)32-3)27-16-19-7-9-20(10-8-19)18-29-13-5-4-6-14-29/h7-12,15H,4-6,13-14,16-18H2,1-3H3,(H2,26,27,28). The fraction of sp³-hybridized carbons (Fsp3) is 0.440. The van der Waals surface area contributed by atoms with Gasteiger partial charge in [-0.3, -0.25) is 9.89 Å². The molecule has 0 atom stereocenters. The molecule has 2 aromatic rings. The smallest absolute Gasteiger partial charge is 0.341 e. The highest BCUT2D eigenvalue weighted by molar-refractivity contribution is 5.92. The molecule has 7 nitrogen and oxygen atoms in total. The number of methoxy groups -OCH3 is 2. The van der Waals surface area contributed by atoms with Crippen LogP contribution in [0, 0.1) is 0 Å². The molecule has 0 spiro atoms. The molecule has 2 aromatic carbocycles. The zero-order chi connectivity index (χ0) is 22.8. The molecular weight excluding hydrogens is 404 g/mol. The number of aliphatic imine (C=N–C) groups is 1. The average Bonchev–Trinajstić information content (AvgIpc) is 2.85. The molecule has 172 valence electrons. The summed E-state index contributed by atoms with van der Waals surface area (Å²) in [6, 6.07) is 14.2. The van der Waals surface area contributed by atoms with Crippen LogP contribution in [0.1, 0.15) is 46.3 Å². The fourth-order valence-corrected chi connectivity index (χ4v) is 3.86. The summed E-state index contributed by atoms with van der Waals surface area (Å²) in [6.45, 7) is 4.65. The Morgan fingerprint density at radius 3 is 2.19 bits per heavy atom. The molecule has 1 saturated heterocycles. The predicted molar refractivity (Wildman–Crippen MR) is 127 cm³/mol. The maximum absolute atomic E-state index is 12.0. The van der Waals surface area contributed by atoms with Crippen molar-refractivity contribution in [1.29, 1.82) is 0 Å². The molecule has 1 aliphatic heterocycles. The highest BCUT2D eigenvalue weighted by Gasteiger charge is 2.14. The molecule has 0 saturated carbocycles. The number of carbonyl (C=O) groups excluding carboxylic acids is 1. The second kappa shape index (κ2) is 12.1. The molecule has 0 bridgehead atoms. The summed E-state index contributed by atoms with van der Waals surface area (Å²) in [6.07, 6.45) is 3.99. The van der Waals surface area contributed by atoms with Crippen molar-refractivity contribution >= 4 is 11.9 Å². The van der Waals surface area contributed by atoms with Crippen molar-refractivity contribution in [2.24, 2.45) is 4.99 Å². The minimum atomic E-state index is -0.421.